The van der Waals surface area contributed by atoms with E-state index in [0.29, 0.717) is 0 Å². The molecule has 5 aromatic heterocycles. The molecule has 0 aliphatic heterocycles. The molecule has 0 fully saturated rings. The molecule has 0 aliphatic carbocycles. The van der Waals surface area contributed by atoms with E-state index in [1.165, 1.54) is 104 Å². The summed E-state index contributed by atoms with van der Waals surface area (Å²) in [6.07, 6.45) is 0. The molecule has 0 atom stereocenters. The summed E-state index contributed by atoms with van der Waals surface area (Å²) < 4.78 is 10.1. The first-order valence-corrected chi connectivity index (χ1v) is 20.0. The van der Waals surface area contributed by atoms with Crippen molar-refractivity contribution in [2.45, 2.75) is 0 Å². The first-order valence-electron chi connectivity index (χ1n) is 20.0. The first-order chi connectivity index (χ1) is 28.8. The quantitative estimate of drug-likeness (QED) is 0.172. The Morgan fingerprint density at radius 3 is 1.21 bits per heavy atom. The maximum atomic E-state index is 2.59. The summed E-state index contributed by atoms with van der Waals surface area (Å²) in [6, 6.07) is 71.4. The predicted octanol–water partition coefficient (Wildman–Crippen LogP) is 14.1. The molecule has 0 amide bonds. The van der Waals surface area contributed by atoms with E-state index in [0.717, 1.165) is 17.1 Å². The first kappa shape index (κ1) is 30.4. The third-order valence-corrected chi connectivity index (χ3v) is 12.8. The molecule has 0 saturated heterocycles. The molecule has 0 saturated carbocycles. The van der Waals surface area contributed by atoms with Gasteiger partial charge in [-0.05, 0) is 72.8 Å². The Hall–Kier alpha value is -7.82. The van der Waals surface area contributed by atoms with Crippen molar-refractivity contribution in [3.05, 3.63) is 194 Å². The highest BCUT2D eigenvalue weighted by Crippen LogP contribution is 2.51. The van der Waals surface area contributed by atoms with Crippen LogP contribution in [0.5, 0.6) is 0 Å². The van der Waals surface area contributed by atoms with Gasteiger partial charge in [0.15, 0.2) is 0 Å². The second-order valence-electron chi connectivity index (χ2n) is 15.7. The highest BCUT2D eigenvalue weighted by Gasteiger charge is 2.29. The number of rotatable bonds is 3. The van der Waals surface area contributed by atoms with Crippen molar-refractivity contribution in [1.29, 1.82) is 0 Å². The number of fused-ring (bicyclic) bond motifs is 18. The number of benzene rings is 9. The second-order valence-corrected chi connectivity index (χ2v) is 15.7. The van der Waals surface area contributed by atoms with Crippen LogP contribution in [-0.4, -0.2) is 18.1 Å². The molecule has 9 aromatic carbocycles. The standard InChI is InChI=1S/C54H32N4/c1-4-16-33(17-5-1)55-44-27-15-12-24-40(44)48-47(55)32-41-49-45(30-28-38-36-22-10-13-25-42(36)56(52(38)49)34-18-6-2-7-19-34)58-46-31-29-39-37-23-11-14-26-43(37)57(35-20-8-3-9-21-35)53(39)50(46)51(48)54(41)58/h1-32H. The molecule has 5 heterocycles. The van der Waals surface area contributed by atoms with Crippen LogP contribution in [0.15, 0.2) is 194 Å². The monoisotopic (exact) mass is 736 g/mol. The van der Waals surface area contributed by atoms with E-state index in [1.807, 2.05) is 0 Å². The van der Waals surface area contributed by atoms with Gasteiger partial charge in [-0.3, -0.25) is 0 Å². The molecule has 14 aromatic rings. The SMILES string of the molecule is c1ccc(-n2c3ccccc3c3c4c5c6c(ccc5n5c7ccc8c9ccccc9n(-c9ccccc9)c8c7c(cc32)c45)c2ccccc2n6-c2ccccc2)cc1. The van der Waals surface area contributed by atoms with Gasteiger partial charge in [0.05, 0.1) is 49.7 Å². The fourth-order valence-electron chi connectivity index (χ4n) is 10.7. The Bertz CT molecular complexity index is 3990. The summed E-state index contributed by atoms with van der Waals surface area (Å²) in [5, 5.41) is 12.7. The highest BCUT2D eigenvalue weighted by molar-refractivity contribution is 6.41. The van der Waals surface area contributed by atoms with E-state index < -0.39 is 0 Å². The van der Waals surface area contributed by atoms with Gasteiger partial charge in [-0.2, -0.15) is 0 Å². The van der Waals surface area contributed by atoms with Crippen LogP contribution in [0.3, 0.4) is 0 Å². The lowest BCUT2D eigenvalue weighted by molar-refractivity contribution is 1.18. The van der Waals surface area contributed by atoms with Crippen LogP contribution in [-0.2, 0) is 0 Å². The van der Waals surface area contributed by atoms with Crippen LogP contribution >= 0.6 is 0 Å². The van der Waals surface area contributed by atoms with E-state index in [1.54, 1.807) is 0 Å². The van der Waals surface area contributed by atoms with Gasteiger partial charge in [-0.1, -0.05) is 121 Å². The zero-order valence-electron chi connectivity index (χ0n) is 31.3. The largest absolute Gasteiger partial charge is 0.309 e. The van der Waals surface area contributed by atoms with Gasteiger partial charge < -0.3 is 18.1 Å². The highest BCUT2D eigenvalue weighted by atomic mass is 15.0. The van der Waals surface area contributed by atoms with Crippen molar-refractivity contribution in [3.8, 4) is 17.1 Å². The smallest absolute Gasteiger partial charge is 0.0641 e. The normalized spacial score (nSPS) is 12.5. The summed E-state index contributed by atoms with van der Waals surface area (Å²) >= 11 is 0. The molecule has 0 unspecified atom stereocenters. The predicted molar refractivity (Wildman–Crippen MR) is 244 cm³/mol. The maximum absolute atomic E-state index is 2.59. The molecular weight excluding hydrogens is 705 g/mol. The summed E-state index contributed by atoms with van der Waals surface area (Å²) in [5.74, 6) is 0. The van der Waals surface area contributed by atoms with E-state index in [-0.39, 0.29) is 0 Å². The van der Waals surface area contributed by atoms with Crippen LogP contribution in [0.1, 0.15) is 0 Å². The Kier molecular flexibility index (Phi) is 5.73. The van der Waals surface area contributed by atoms with Crippen molar-refractivity contribution < 1.29 is 0 Å². The minimum atomic E-state index is 1.15. The number of para-hydroxylation sites is 6. The van der Waals surface area contributed by atoms with Gasteiger partial charge in [0.1, 0.15) is 0 Å². The van der Waals surface area contributed by atoms with Crippen LogP contribution in [0.25, 0.3) is 121 Å². The molecule has 0 aliphatic rings. The zero-order valence-corrected chi connectivity index (χ0v) is 31.3. The van der Waals surface area contributed by atoms with Crippen LogP contribution in [0.2, 0.25) is 0 Å². The van der Waals surface area contributed by atoms with Crippen molar-refractivity contribution >= 4 is 104 Å². The zero-order chi connectivity index (χ0) is 37.6. The van der Waals surface area contributed by atoms with Gasteiger partial charge >= 0.3 is 0 Å². The van der Waals surface area contributed by atoms with Crippen molar-refractivity contribution in [2.75, 3.05) is 0 Å². The molecule has 0 spiro atoms. The van der Waals surface area contributed by atoms with Gasteiger partial charge in [0.25, 0.3) is 0 Å². The Labute approximate surface area is 331 Å². The lowest BCUT2D eigenvalue weighted by atomic mass is 9.99. The fourth-order valence-corrected chi connectivity index (χ4v) is 10.7. The molecule has 0 bridgehead atoms. The van der Waals surface area contributed by atoms with Crippen LogP contribution in [0.4, 0.5) is 0 Å². The Morgan fingerprint density at radius 1 is 0.224 bits per heavy atom. The van der Waals surface area contributed by atoms with Crippen LogP contribution < -0.4 is 0 Å². The average molecular weight is 737 g/mol. The Balaban J connectivity index is 1.32. The Morgan fingerprint density at radius 2 is 0.655 bits per heavy atom. The molecule has 4 heteroatoms. The fraction of sp³-hybridized carbons (Fsp3) is 0. The van der Waals surface area contributed by atoms with Gasteiger partial charge in [-0.15, -0.1) is 0 Å². The second kappa shape index (κ2) is 10.9. The van der Waals surface area contributed by atoms with E-state index in [2.05, 4.69) is 212 Å². The molecule has 4 nitrogen and oxygen atoms in total. The maximum Gasteiger partial charge on any atom is 0.0641 e. The number of hydrogen-bond donors (Lipinski definition) is 0. The molecule has 0 N–H and O–H groups in total. The summed E-state index contributed by atoms with van der Waals surface area (Å²) in [4.78, 5) is 0. The van der Waals surface area contributed by atoms with Gasteiger partial charge in [0, 0.05) is 70.9 Å². The molecule has 0 radical (unpaired) electrons. The number of nitrogens with zero attached hydrogens (tertiary/aromatic N) is 4. The van der Waals surface area contributed by atoms with Crippen molar-refractivity contribution in [1.82, 2.24) is 18.1 Å². The summed E-state index contributed by atoms with van der Waals surface area (Å²) in [5.41, 5.74) is 14.5. The lowest BCUT2D eigenvalue weighted by Gasteiger charge is -2.11. The van der Waals surface area contributed by atoms with Crippen molar-refractivity contribution in [2.24, 2.45) is 0 Å². The van der Waals surface area contributed by atoms with E-state index in [4.69, 9.17) is 0 Å². The third-order valence-electron chi connectivity index (χ3n) is 12.8. The number of hydrogen-bond acceptors (Lipinski definition) is 0. The van der Waals surface area contributed by atoms with E-state index >= 15 is 0 Å². The summed E-state index contributed by atoms with van der Waals surface area (Å²) in [7, 11) is 0. The molecular formula is C54H32N4. The van der Waals surface area contributed by atoms with Gasteiger partial charge in [-0.25, -0.2) is 0 Å². The molecule has 14 rings (SSSR count). The third kappa shape index (κ3) is 3.66. The number of aromatic nitrogens is 4. The summed E-state index contributed by atoms with van der Waals surface area (Å²) in [6.45, 7) is 0. The van der Waals surface area contributed by atoms with Gasteiger partial charge in [0.2, 0.25) is 0 Å². The average Bonchev–Trinajstić information content (AvgIpc) is 4.07. The minimum absolute atomic E-state index is 1.15. The minimum Gasteiger partial charge on any atom is -0.309 e. The molecule has 58 heavy (non-hydrogen) atoms. The van der Waals surface area contributed by atoms with Crippen molar-refractivity contribution in [3.63, 3.8) is 0 Å². The van der Waals surface area contributed by atoms with Crippen LogP contribution in [0, 0.1) is 0 Å². The lowest BCUT2D eigenvalue weighted by Crippen LogP contribution is -1.95. The topological polar surface area (TPSA) is 19.2 Å². The molecule has 268 valence electrons. The van der Waals surface area contributed by atoms with E-state index in [9.17, 15) is 0 Å².